The summed E-state index contributed by atoms with van der Waals surface area (Å²) in [7, 11) is 0. The maximum atomic E-state index is 12.4. The molecule has 146 valence electrons. The summed E-state index contributed by atoms with van der Waals surface area (Å²) in [6, 6.07) is 8.11. The zero-order valence-corrected chi connectivity index (χ0v) is 17.1. The van der Waals surface area contributed by atoms with Gasteiger partial charge in [-0.1, -0.05) is 34.8 Å². The molecule has 1 heterocycles. The van der Waals surface area contributed by atoms with Crippen molar-refractivity contribution < 1.29 is 14.3 Å². The van der Waals surface area contributed by atoms with Crippen molar-refractivity contribution in [2.75, 3.05) is 6.61 Å². The lowest BCUT2D eigenvalue weighted by Crippen LogP contribution is -2.75. The first-order valence-corrected chi connectivity index (χ1v) is 9.95. The summed E-state index contributed by atoms with van der Waals surface area (Å²) < 4.78 is 5.41. The lowest BCUT2D eigenvalue weighted by Gasteiger charge is -2.70. The zero-order valence-electron chi connectivity index (χ0n) is 14.8. The maximum Gasteiger partial charge on any atom is 0.251 e. The number of carbonyl (C=O) groups excluding carboxylic acids is 2. The number of rotatable bonds is 7. The van der Waals surface area contributed by atoms with Crippen LogP contribution in [0.3, 0.4) is 0 Å². The van der Waals surface area contributed by atoms with E-state index >= 15 is 0 Å². The Morgan fingerprint density at radius 2 is 1.82 bits per heavy atom. The van der Waals surface area contributed by atoms with Gasteiger partial charge in [0.25, 0.3) is 5.91 Å². The molecule has 1 aromatic heterocycles. The van der Waals surface area contributed by atoms with E-state index in [4.69, 9.17) is 39.5 Å². The number of pyridine rings is 1. The van der Waals surface area contributed by atoms with Crippen molar-refractivity contribution in [3.8, 4) is 5.88 Å². The van der Waals surface area contributed by atoms with Gasteiger partial charge in [0, 0.05) is 29.8 Å². The third kappa shape index (κ3) is 3.84. The molecule has 3 aliphatic rings. The summed E-state index contributed by atoms with van der Waals surface area (Å²) in [6.45, 7) is -0.0149. The fourth-order valence-corrected chi connectivity index (χ4v) is 4.75. The molecule has 1 aromatic carbocycles. The average molecular weight is 440 g/mol. The minimum absolute atomic E-state index is 0.0149. The third-order valence-corrected chi connectivity index (χ3v) is 6.32. The minimum Gasteiger partial charge on any atom is -0.470 e. The standard InChI is InChI=1S/C20H17Cl3N2O3/c21-13-2-4-17(24-7-13)28-8-14(26)6-19-9-20(10-19,11-19)25-18(27)12-1-3-15(22)16(23)5-12/h1-5,7H,6,8-11H2,(H,25,27). The monoisotopic (exact) mass is 438 g/mol. The molecule has 2 aromatic rings. The van der Waals surface area contributed by atoms with Crippen molar-refractivity contribution in [3.05, 3.63) is 57.2 Å². The molecule has 8 heteroatoms. The summed E-state index contributed by atoms with van der Waals surface area (Å²) in [5.41, 5.74) is 0.258. The van der Waals surface area contributed by atoms with Gasteiger partial charge in [-0.15, -0.1) is 0 Å². The molecule has 28 heavy (non-hydrogen) atoms. The molecule has 1 N–H and O–H groups in total. The smallest absolute Gasteiger partial charge is 0.251 e. The van der Waals surface area contributed by atoms with E-state index in [2.05, 4.69) is 10.3 Å². The Morgan fingerprint density at radius 1 is 1.07 bits per heavy atom. The van der Waals surface area contributed by atoms with Crippen LogP contribution in [0.1, 0.15) is 36.0 Å². The Labute approximate surface area is 177 Å². The Hall–Kier alpha value is -1.82. The van der Waals surface area contributed by atoms with Gasteiger partial charge < -0.3 is 10.1 Å². The predicted octanol–water partition coefficient (Wildman–Crippen LogP) is 4.73. The highest BCUT2D eigenvalue weighted by atomic mass is 35.5. The number of nitrogens with zero attached hydrogens (tertiary/aromatic N) is 1. The molecule has 3 saturated carbocycles. The van der Waals surface area contributed by atoms with E-state index in [1.807, 2.05) is 0 Å². The van der Waals surface area contributed by atoms with Crippen LogP contribution in [0.4, 0.5) is 0 Å². The van der Waals surface area contributed by atoms with Crippen molar-refractivity contribution >= 4 is 46.5 Å². The fourth-order valence-electron chi connectivity index (χ4n) is 4.34. The molecule has 3 fully saturated rings. The lowest BCUT2D eigenvalue weighted by atomic mass is 9.38. The number of carbonyl (C=O) groups is 2. The molecule has 0 saturated heterocycles. The van der Waals surface area contributed by atoms with Crippen molar-refractivity contribution in [3.63, 3.8) is 0 Å². The Balaban J connectivity index is 1.24. The van der Waals surface area contributed by atoms with E-state index in [-0.39, 0.29) is 29.3 Å². The van der Waals surface area contributed by atoms with Gasteiger partial charge in [0.05, 0.1) is 15.1 Å². The predicted molar refractivity (Wildman–Crippen MR) is 107 cm³/mol. The first kappa shape index (κ1) is 19.5. The molecule has 0 atom stereocenters. The van der Waals surface area contributed by atoms with E-state index in [0.717, 1.165) is 19.3 Å². The van der Waals surface area contributed by atoms with Crippen LogP contribution >= 0.6 is 34.8 Å². The van der Waals surface area contributed by atoms with Crippen LogP contribution in [-0.2, 0) is 4.79 Å². The molecule has 1 amide bonds. The van der Waals surface area contributed by atoms with Crippen LogP contribution in [0.25, 0.3) is 0 Å². The summed E-state index contributed by atoms with van der Waals surface area (Å²) in [4.78, 5) is 28.7. The normalized spacial score (nSPS) is 24.7. The van der Waals surface area contributed by atoms with Gasteiger partial charge in [-0.25, -0.2) is 4.98 Å². The van der Waals surface area contributed by atoms with Crippen LogP contribution in [0, 0.1) is 5.41 Å². The highest BCUT2D eigenvalue weighted by molar-refractivity contribution is 6.42. The molecule has 0 unspecified atom stereocenters. The Bertz CT molecular complexity index is 926. The molecule has 5 rings (SSSR count). The first-order valence-electron chi connectivity index (χ1n) is 8.82. The second-order valence-electron chi connectivity index (χ2n) is 7.71. The lowest BCUT2D eigenvalue weighted by molar-refractivity contribution is -0.162. The largest absolute Gasteiger partial charge is 0.470 e. The van der Waals surface area contributed by atoms with E-state index < -0.39 is 0 Å². The second-order valence-corrected chi connectivity index (χ2v) is 8.96. The van der Waals surface area contributed by atoms with Gasteiger partial charge in [-0.3, -0.25) is 9.59 Å². The van der Waals surface area contributed by atoms with Crippen LogP contribution < -0.4 is 10.1 Å². The topological polar surface area (TPSA) is 68.3 Å². The van der Waals surface area contributed by atoms with Gasteiger partial charge in [0.2, 0.25) is 5.88 Å². The van der Waals surface area contributed by atoms with E-state index in [1.165, 1.54) is 6.20 Å². The zero-order chi connectivity index (χ0) is 19.9. The highest BCUT2D eigenvalue weighted by Gasteiger charge is 2.68. The summed E-state index contributed by atoms with van der Waals surface area (Å²) in [6.07, 6.45) is 4.34. The van der Waals surface area contributed by atoms with E-state index in [9.17, 15) is 9.59 Å². The average Bonchev–Trinajstić information content (AvgIpc) is 2.60. The molecular formula is C20H17Cl3N2O3. The molecular weight excluding hydrogens is 423 g/mol. The number of aromatic nitrogens is 1. The van der Waals surface area contributed by atoms with Crippen LogP contribution in [0.5, 0.6) is 5.88 Å². The third-order valence-electron chi connectivity index (χ3n) is 5.35. The van der Waals surface area contributed by atoms with Gasteiger partial charge in [0.15, 0.2) is 5.78 Å². The number of halogens is 3. The quantitative estimate of drug-likeness (QED) is 0.677. The highest BCUT2D eigenvalue weighted by Crippen LogP contribution is 2.69. The van der Waals surface area contributed by atoms with Gasteiger partial charge in [0.1, 0.15) is 6.61 Å². The number of Topliss-reactive ketones (excluding diaryl/α,β-unsaturated/α-hetero) is 1. The minimum atomic E-state index is -0.206. The number of ether oxygens (including phenoxy) is 1. The fraction of sp³-hybridized carbons (Fsp3) is 0.350. The SMILES string of the molecule is O=C(COc1ccc(Cl)cn1)CC12CC(NC(=O)c3ccc(Cl)c(Cl)c3)(C1)C2. The number of nitrogens with one attached hydrogen (secondary N) is 1. The number of hydrogen-bond donors (Lipinski definition) is 1. The number of benzene rings is 1. The van der Waals surface area contributed by atoms with Gasteiger partial charge in [-0.2, -0.15) is 0 Å². The van der Waals surface area contributed by atoms with E-state index in [1.54, 1.807) is 30.3 Å². The van der Waals surface area contributed by atoms with Crippen LogP contribution in [0.15, 0.2) is 36.5 Å². The Kier molecular flexibility index (Phi) is 5.02. The van der Waals surface area contributed by atoms with Crippen molar-refractivity contribution in [2.24, 2.45) is 5.41 Å². The molecule has 2 bridgehead atoms. The summed E-state index contributed by atoms with van der Waals surface area (Å²) >= 11 is 17.6. The van der Waals surface area contributed by atoms with Crippen LogP contribution in [0.2, 0.25) is 15.1 Å². The first-order chi connectivity index (χ1) is 13.3. The number of hydrogen-bond acceptors (Lipinski definition) is 4. The van der Waals surface area contributed by atoms with Crippen molar-refractivity contribution in [1.29, 1.82) is 0 Å². The second kappa shape index (κ2) is 7.21. The number of amides is 1. The number of ketones is 1. The maximum absolute atomic E-state index is 12.4. The molecule has 3 aliphatic carbocycles. The van der Waals surface area contributed by atoms with Gasteiger partial charge >= 0.3 is 0 Å². The Morgan fingerprint density at radius 3 is 2.46 bits per heavy atom. The molecule has 0 radical (unpaired) electrons. The molecule has 0 aliphatic heterocycles. The van der Waals surface area contributed by atoms with Gasteiger partial charge in [-0.05, 0) is 48.9 Å². The molecule has 5 nitrogen and oxygen atoms in total. The summed E-state index contributed by atoms with van der Waals surface area (Å²) in [5.74, 6) is 0.233. The summed E-state index contributed by atoms with van der Waals surface area (Å²) in [5, 5.41) is 4.36. The van der Waals surface area contributed by atoms with Crippen LogP contribution in [-0.4, -0.2) is 28.8 Å². The van der Waals surface area contributed by atoms with E-state index in [0.29, 0.717) is 32.9 Å². The van der Waals surface area contributed by atoms with Crippen molar-refractivity contribution in [1.82, 2.24) is 10.3 Å². The molecule has 0 spiro atoms. The van der Waals surface area contributed by atoms with Crippen molar-refractivity contribution in [2.45, 2.75) is 31.2 Å².